The van der Waals surface area contributed by atoms with Crippen molar-refractivity contribution >= 4 is 5.97 Å². The molecule has 2 heterocycles. The summed E-state index contributed by atoms with van der Waals surface area (Å²) in [4.78, 5) is 11.8. The number of carbonyl (C=O) groups excluding carboxylic acids is 1. The van der Waals surface area contributed by atoms with Crippen LogP contribution in [-0.4, -0.2) is 21.3 Å². The van der Waals surface area contributed by atoms with Crippen molar-refractivity contribution in [2.75, 3.05) is 0 Å². The number of aryl methyl sites for hydroxylation is 3. The van der Waals surface area contributed by atoms with E-state index in [4.69, 9.17) is 9.26 Å². The number of hydrogen-bond donors (Lipinski definition) is 1. The van der Waals surface area contributed by atoms with Crippen LogP contribution >= 0.6 is 0 Å². The molecule has 2 aromatic rings. The molecule has 0 unspecified atom stereocenters. The van der Waals surface area contributed by atoms with E-state index in [0.29, 0.717) is 11.5 Å². The summed E-state index contributed by atoms with van der Waals surface area (Å²) in [5.74, 6) is 0.220. The average Bonchev–Trinajstić information content (AvgIpc) is 2.96. The number of rotatable bonds is 5. The molecule has 0 aliphatic carbocycles. The minimum atomic E-state index is -0.446. The van der Waals surface area contributed by atoms with Gasteiger partial charge < -0.3 is 9.26 Å². The normalized spacial score (nSPS) is 10.7. The van der Waals surface area contributed by atoms with Crippen LogP contribution in [0.15, 0.2) is 10.6 Å². The molecular formula is C13H17N3O3. The summed E-state index contributed by atoms with van der Waals surface area (Å²) in [6, 6.07) is 1.72. The van der Waals surface area contributed by atoms with E-state index in [1.165, 1.54) is 0 Å². The Morgan fingerprint density at radius 1 is 1.47 bits per heavy atom. The van der Waals surface area contributed by atoms with E-state index >= 15 is 0 Å². The van der Waals surface area contributed by atoms with Crippen molar-refractivity contribution in [2.45, 2.75) is 40.2 Å². The third kappa shape index (κ3) is 3.01. The minimum absolute atomic E-state index is 0.149. The molecule has 0 fully saturated rings. The maximum absolute atomic E-state index is 11.8. The minimum Gasteiger partial charge on any atom is -0.456 e. The Morgan fingerprint density at radius 2 is 2.26 bits per heavy atom. The van der Waals surface area contributed by atoms with Crippen molar-refractivity contribution in [3.63, 3.8) is 0 Å². The Labute approximate surface area is 111 Å². The lowest BCUT2D eigenvalue weighted by Crippen LogP contribution is -2.06. The molecule has 2 aromatic heterocycles. The van der Waals surface area contributed by atoms with Crippen molar-refractivity contribution in [3.8, 4) is 0 Å². The van der Waals surface area contributed by atoms with Gasteiger partial charge in [-0.05, 0) is 26.3 Å². The molecule has 1 N–H and O–H groups in total. The quantitative estimate of drug-likeness (QED) is 0.837. The lowest BCUT2D eigenvalue weighted by molar-refractivity contribution is 0.0464. The average molecular weight is 263 g/mol. The molecule has 0 amide bonds. The molecule has 0 atom stereocenters. The lowest BCUT2D eigenvalue weighted by Gasteiger charge is -2.01. The van der Waals surface area contributed by atoms with E-state index in [0.717, 1.165) is 29.8 Å². The van der Waals surface area contributed by atoms with Crippen LogP contribution in [0.5, 0.6) is 0 Å². The number of nitrogens with zero attached hydrogens (tertiary/aromatic N) is 2. The highest BCUT2D eigenvalue weighted by molar-refractivity contribution is 5.87. The first-order valence-electron chi connectivity index (χ1n) is 6.25. The third-order valence-electron chi connectivity index (χ3n) is 2.89. The van der Waals surface area contributed by atoms with E-state index in [9.17, 15) is 4.79 Å². The molecule has 0 aromatic carbocycles. The SMILES string of the molecule is CCCc1cc(C(=O)OCc2c(C)noc2C)n[nH]1. The lowest BCUT2D eigenvalue weighted by atomic mass is 10.2. The Balaban J connectivity index is 1.97. The molecule has 0 saturated heterocycles. The summed E-state index contributed by atoms with van der Waals surface area (Å²) in [5, 5.41) is 10.6. The molecule has 6 heteroatoms. The van der Waals surface area contributed by atoms with Gasteiger partial charge in [0.15, 0.2) is 5.69 Å². The van der Waals surface area contributed by atoms with E-state index in [1.807, 2.05) is 6.92 Å². The van der Waals surface area contributed by atoms with Gasteiger partial charge in [-0.1, -0.05) is 18.5 Å². The summed E-state index contributed by atoms with van der Waals surface area (Å²) in [7, 11) is 0. The Bertz CT molecular complexity index is 552. The highest BCUT2D eigenvalue weighted by Crippen LogP contribution is 2.14. The first-order chi connectivity index (χ1) is 9.11. The van der Waals surface area contributed by atoms with Crippen molar-refractivity contribution in [3.05, 3.63) is 34.5 Å². The number of H-pyrrole nitrogens is 1. The van der Waals surface area contributed by atoms with E-state index in [-0.39, 0.29) is 6.61 Å². The van der Waals surface area contributed by atoms with Crippen LogP contribution in [0, 0.1) is 13.8 Å². The summed E-state index contributed by atoms with van der Waals surface area (Å²) in [6.07, 6.45) is 1.86. The fourth-order valence-corrected chi connectivity index (χ4v) is 1.78. The largest absolute Gasteiger partial charge is 0.456 e. The van der Waals surface area contributed by atoms with Crippen LogP contribution in [0.1, 0.15) is 46.5 Å². The van der Waals surface area contributed by atoms with Crippen molar-refractivity contribution in [1.82, 2.24) is 15.4 Å². The molecule has 0 saturated carbocycles. The fourth-order valence-electron chi connectivity index (χ4n) is 1.78. The molecule has 0 aliphatic heterocycles. The highest BCUT2D eigenvalue weighted by Gasteiger charge is 2.15. The monoisotopic (exact) mass is 263 g/mol. The first-order valence-corrected chi connectivity index (χ1v) is 6.25. The van der Waals surface area contributed by atoms with Gasteiger partial charge in [-0.2, -0.15) is 5.10 Å². The summed E-state index contributed by atoms with van der Waals surface area (Å²) in [6.45, 7) is 5.82. The molecule has 0 bridgehead atoms. The molecule has 0 spiro atoms. The Kier molecular flexibility index (Phi) is 3.99. The van der Waals surface area contributed by atoms with Crippen LogP contribution in [0.4, 0.5) is 0 Å². The Morgan fingerprint density at radius 3 is 2.89 bits per heavy atom. The zero-order valence-corrected chi connectivity index (χ0v) is 11.3. The number of carbonyl (C=O) groups is 1. The summed E-state index contributed by atoms with van der Waals surface area (Å²) in [5.41, 5.74) is 2.78. The number of hydrogen-bond acceptors (Lipinski definition) is 5. The molecule has 2 rings (SSSR count). The number of ether oxygens (including phenoxy) is 1. The Hall–Kier alpha value is -2.11. The van der Waals surface area contributed by atoms with Gasteiger partial charge in [-0.15, -0.1) is 0 Å². The fraction of sp³-hybridized carbons (Fsp3) is 0.462. The maximum atomic E-state index is 11.8. The smallest absolute Gasteiger partial charge is 0.359 e. The predicted molar refractivity (Wildman–Crippen MR) is 67.7 cm³/mol. The molecular weight excluding hydrogens is 246 g/mol. The van der Waals surface area contributed by atoms with Crippen molar-refractivity contribution in [2.24, 2.45) is 0 Å². The zero-order chi connectivity index (χ0) is 13.8. The highest BCUT2D eigenvalue weighted by atomic mass is 16.5. The second-order valence-corrected chi connectivity index (χ2v) is 4.41. The van der Waals surface area contributed by atoms with Gasteiger partial charge >= 0.3 is 5.97 Å². The topological polar surface area (TPSA) is 81.0 Å². The number of nitrogens with one attached hydrogen (secondary N) is 1. The van der Waals surface area contributed by atoms with Crippen LogP contribution in [-0.2, 0) is 17.8 Å². The standard InChI is InChI=1S/C13H17N3O3/c1-4-5-10-6-12(15-14-10)13(17)18-7-11-8(2)16-19-9(11)3/h6H,4-5,7H2,1-3H3,(H,14,15). The van der Waals surface area contributed by atoms with Gasteiger partial charge in [-0.3, -0.25) is 5.10 Å². The van der Waals surface area contributed by atoms with E-state index in [1.54, 1.807) is 13.0 Å². The number of esters is 1. The molecule has 19 heavy (non-hydrogen) atoms. The zero-order valence-electron chi connectivity index (χ0n) is 11.3. The molecule has 6 nitrogen and oxygen atoms in total. The van der Waals surface area contributed by atoms with Gasteiger partial charge in [-0.25, -0.2) is 4.79 Å². The van der Waals surface area contributed by atoms with Gasteiger partial charge in [0.2, 0.25) is 0 Å². The predicted octanol–water partition coefficient (Wildman–Crippen LogP) is 2.32. The number of aromatic amines is 1. The third-order valence-corrected chi connectivity index (χ3v) is 2.89. The van der Waals surface area contributed by atoms with Crippen LogP contribution in [0.25, 0.3) is 0 Å². The van der Waals surface area contributed by atoms with Crippen LogP contribution < -0.4 is 0 Å². The van der Waals surface area contributed by atoms with Gasteiger partial charge in [0.25, 0.3) is 0 Å². The van der Waals surface area contributed by atoms with E-state index < -0.39 is 5.97 Å². The van der Waals surface area contributed by atoms with E-state index in [2.05, 4.69) is 22.3 Å². The van der Waals surface area contributed by atoms with Crippen LogP contribution in [0.3, 0.4) is 0 Å². The van der Waals surface area contributed by atoms with Crippen molar-refractivity contribution in [1.29, 1.82) is 0 Å². The first kappa shape index (κ1) is 13.3. The summed E-state index contributed by atoms with van der Waals surface area (Å²) >= 11 is 0. The second kappa shape index (κ2) is 5.69. The number of aromatic nitrogens is 3. The van der Waals surface area contributed by atoms with Gasteiger partial charge in [0.05, 0.1) is 11.3 Å². The summed E-state index contributed by atoms with van der Waals surface area (Å²) < 4.78 is 10.2. The van der Waals surface area contributed by atoms with Crippen LogP contribution in [0.2, 0.25) is 0 Å². The van der Waals surface area contributed by atoms with Crippen molar-refractivity contribution < 1.29 is 14.1 Å². The molecule has 0 radical (unpaired) electrons. The molecule has 0 aliphatic rings. The molecule has 102 valence electrons. The maximum Gasteiger partial charge on any atom is 0.359 e. The second-order valence-electron chi connectivity index (χ2n) is 4.41. The van der Waals surface area contributed by atoms with Gasteiger partial charge in [0.1, 0.15) is 12.4 Å². The van der Waals surface area contributed by atoms with Gasteiger partial charge in [0, 0.05) is 5.69 Å².